The fourth-order valence-corrected chi connectivity index (χ4v) is 2.19. The van der Waals surface area contributed by atoms with Crippen molar-refractivity contribution in [2.75, 3.05) is 13.2 Å². The summed E-state index contributed by atoms with van der Waals surface area (Å²) in [6.07, 6.45) is 1.33. The van der Waals surface area contributed by atoms with Crippen LogP contribution in [-0.2, 0) is 17.6 Å². The molecule has 2 aromatic carbocycles. The predicted molar refractivity (Wildman–Crippen MR) is 89.5 cm³/mol. The Morgan fingerprint density at radius 3 is 2.64 bits per heavy atom. The number of halogens is 1. The van der Waals surface area contributed by atoms with E-state index in [9.17, 15) is 4.79 Å². The summed E-state index contributed by atoms with van der Waals surface area (Å²) in [7, 11) is 0. The van der Waals surface area contributed by atoms with Gasteiger partial charge in [0.1, 0.15) is 12.4 Å². The van der Waals surface area contributed by atoms with Crippen molar-refractivity contribution in [2.45, 2.75) is 19.8 Å². The third kappa shape index (κ3) is 5.41. The smallest absolute Gasteiger partial charge is 0.224 e. The monoisotopic (exact) mass is 317 g/mol. The molecule has 4 heteroatoms. The molecule has 0 aliphatic heterocycles. The first-order valence-corrected chi connectivity index (χ1v) is 7.78. The van der Waals surface area contributed by atoms with Gasteiger partial charge in [0, 0.05) is 5.02 Å². The Hall–Kier alpha value is -2.00. The first-order chi connectivity index (χ1) is 10.7. The van der Waals surface area contributed by atoms with Crippen molar-refractivity contribution in [1.82, 2.24) is 5.32 Å². The maximum atomic E-state index is 11.8. The van der Waals surface area contributed by atoms with Crippen LogP contribution in [0.25, 0.3) is 0 Å². The van der Waals surface area contributed by atoms with E-state index in [1.807, 2.05) is 30.3 Å². The van der Waals surface area contributed by atoms with Crippen LogP contribution < -0.4 is 10.1 Å². The lowest BCUT2D eigenvalue weighted by atomic mass is 10.1. The first-order valence-electron chi connectivity index (χ1n) is 7.40. The van der Waals surface area contributed by atoms with Crippen molar-refractivity contribution in [3.63, 3.8) is 0 Å². The van der Waals surface area contributed by atoms with Crippen LogP contribution in [0, 0.1) is 0 Å². The van der Waals surface area contributed by atoms with Gasteiger partial charge in [-0.25, -0.2) is 0 Å². The van der Waals surface area contributed by atoms with E-state index in [0.717, 1.165) is 17.7 Å². The summed E-state index contributed by atoms with van der Waals surface area (Å²) >= 11 is 5.81. The predicted octanol–water partition coefficient (Wildman–Crippen LogP) is 3.64. The number of ether oxygens (including phenoxy) is 1. The van der Waals surface area contributed by atoms with Gasteiger partial charge < -0.3 is 10.1 Å². The number of hydrogen-bond acceptors (Lipinski definition) is 2. The van der Waals surface area contributed by atoms with Crippen LogP contribution in [0.1, 0.15) is 18.1 Å². The van der Waals surface area contributed by atoms with E-state index in [-0.39, 0.29) is 5.91 Å². The number of amides is 1. The van der Waals surface area contributed by atoms with E-state index in [1.165, 1.54) is 5.56 Å². The fraction of sp³-hybridized carbons (Fsp3) is 0.278. The molecule has 0 aromatic heterocycles. The van der Waals surface area contributed by atoms with E-state index < -0.39 is 0 Å². The highest BCUT2D eigenvalue weighted by Gasteiger charge is 2.03. The van der Waals surface area contributed by atoms with Gasteiger partial charge in [0.15, 0.2) is 0 Å². The zero-order chi connectivity index (χ0) is 15.8. The third-order valence-electron chi connectivity index (χ3n) is 3.28. The van der Waals surface area contributed by atoms with Gasteiger partial charge in [-0.1, -0.05) is 42.8 Å². The molecule has 0 bridgehead atoms. The van der Waals surface area contributed by atoms with Crippen LogP contribution in [0.4, 0.5) is 0 Å². The molecule has 1 N–H and O–H groups in total. The Kier molecular flexibility index (Phi) is 6.28. The molecule has 3 nitrogen and oxygen atoms in total. The van der Waals surface area contributed by atoms with Crippen LogP contribution >= 0.6 is 11.6 Å². The maximum Gasteiger partial charge on any atom is 0.224 e. The lowest BCUT2D eigenvalue weighted by molar-refractivity contribution is -0.120. The van der Waals surface area contributed by atoms with Crippen LogP contribution in [0.15, 0.2) is 48.5 Å². The number of benzene rings is 2. The molecule has 2 aromatic rings. The third-order valence-corrected chi connectivity index (χ3v) is 3.53. The molecule has 0 aliphatic carbocycles. The lowest BCUT2D eigenvalue weighted by Crippen LogP contribution is -2.29. The SMILES string of the molecule is CCc1cccc(OCCNC(=O)Cc2ccc(Cl)cc2)c1. The van der Waals surface area contributed by atoms with Crippen molar-refractivity contribution >= 4 is 17.5 Å². The summed E-state index contributed by atoms with van der Waals surface area (Å²) in [5, 5.41) is 3.52. The van der Waals surface area contributed by atoms with Gasteiger partial charge in [0.25, 0.3) is 0 Å². The number of aryl methyl sites for hydroxylation is 1. The van der Waals surface area contributed by atoms with Crippen LogP contribution in [0.3, 0.4) is 0 Å². The van der Waals surface area contributed by atoms with E-state index >= 15 is 0 Å². The van der Waals surface area contributed by atoms with Gasteiger partial charge in [-0.2, -0.15) is 0 Å². The summed E-state index contributed by atoms with van der Waals surface area (Å²) in [5.41, 5.74) is 2.18. The highest BCUT2D eigenvalue weighted by Crippen LogP contribution is 2.13. The second-order valence-corrected chi connectivity index (χ2v) is 5.44. The molecule has 0 heterocycles. The van der Waals surface area contributed by atoms with Gasteiger partial charge in [-0.3, -0.25) is 4.79 Å². The molecule has 22 heavy (non-hydrogen) atoms. The second-order valence-electron chi connectivity index (χ2n) is 5.00. The van der Waals surface area contributed by atoms with Crippen LogP contribution in [0.5, 0.6) is 5.75 Å². The highest BCUT2D eigenvalue weighted by atomic mass is 35.5. The van der Waals surface area contributed by atoms with Gasteiger partial charge in [0.2, 0.25) is 5.91 Å². The van der Waals surface area contributed by atoms with E-state index in [2.05, 4.69) is 18.3 Å². The molecule has 2 rings (SSSR count). The molecule has 0 spiro atoms. The fourth-order valence-electron chi connectivity index (χ4n) is 2.06. The van der Waals surface area contributed by atoms with E-state index in [1.54, 1.807) is 12.1 Å². The first kappa shape index (κ1) is 16.4. The number of rotatable bonds is 7. The van der Waals surface area contributed by atoms with Crippen molar-refractivity contribution in [1.29, 1.82) is 0 Å². The molecule has 1 amide bonds. The zero-order valence-electron chi connectivity index (χ0n) is 12.6. The molecule has 0 aliphatic rings. The summed E-state index contributed by atoms with van der Waals surface area (Å²) in [6.45, 7) is 3.05. The average molecular weight is 318 g/mol. The quantitative estimate of drug-likeness (QED) is 0.792. The molecular weight excluding hydrogens is 298 g/mol. The lowest BCUT2D eigenvalue weighted by Gasteiger charge is -2.09. The molecule has 0 saturated carbocycles. The summed E-state index contributed by atoms with van der Waals surface area (Å²) in [4.78, 5) is 11.8. The van der Waals surface area contributed by atoms with Gasteiger partial charge in [0.05, 0.1) is 13.0 Å². The topological polar surface area (TPSA) is 38.3 Å². The zero-order valence-corrected chi connectivity index (χ0v) is 13.4. The largest absolute Gasteiger partial charge is 0.492 e. The molecule has 0 saturated heterocycles. The minimum Gasteiger partial charge on any atom is -0.492 e. The molecule has 0 atom stereocenters. The van der Waals surface area contributed by atoms with Gasteiger partial charge in [-0.05, 0) is 41.8 Å². The summed E-state index contributed by atoms with van der Waals surface area (Å²) in [5.74, 6) is 0.819. The summed E-state index contributed by atoms with van der Waals surface area (Å²) < 4.78 is 5.63. The second kappa shape index (κ2) is 8.44. The van der Waals surface area contributed by atoms with Crippen LogP contribution in [0.2, 0.25) is 5.02 Å². The average Bonchev–Trinajstić information content (AvgIpc) is 2.54. The molecule has 0 radical (unpaired) electrons. The Balaban J connectivity index is 1.69. The number of carbonyl (C=O) groups is 1. The van der Waals surface area contributed by atoms with Crippen molar-refractivity contribution < 1.29 is 9.53 Å². The summed E-state index contributed by atoms with van der Waals surface area (Å²) in [6, 6.07) is 15.3. The molecule has 116 valence electrons. The number of carbonyl (C=O) groups excluding carboxylic acids is 1. The maximum absolute atomic E-state index is 11.8. The van der Waals surface area contributed by atoms with E-state index in [4.69, 9.17) is 16.3 Å². The van der Waals surface area contributed by atoms with Crippen LogP contribution in [-0.4, -0.2) is 19.1 Å². The molecule has 0 unspecified atom stereocenters. The highest BCUT2D eigenvalue weighted by molar-refractivity contribution is 6.30. The molecule has 0 fully saturated rings. The van der Waals surface area contributed by atoms with Crippen molar-refractivity contribution in [3.8, 4) is 5.75 Å². The van der Waals surface area contributed by atoms with E-state index in [0.29, 0.717) is 24.6 Å². The normalized spacial score (nSPS) is 10.3. The Bertz CT molecular complexity index is 611. The minimum atomic E-state index is -0.0202. The van der Waals surface area contributed by atoms with Gasteiger partial charge >= 0.3 is 0 Å². The number of nitrogens with one attached hydrogen (secondary N) is 1. The Morgan fingerprint density at radius 1 is 1.14 bits per heavy atom. The minimum absolute atomic E-state index is 0.0202. The Labute approximate surface area is 136 Å². The number of hydrogen-bond donors (Lipinski definition) is 1. The van der Waals surface area contributed by atoms with Crippen molar-refractivity contribution in [3.05, 3.63) is 64.7 Å². The molecular formula is C18H20ClNO2. The van der Waals surface area contributed by atoms with Crippen molar-refractivity contribution in [2.24, 2.45) is 0 Å². The standard InChI is InChI=1S/C18H20ClNO2/c1-2-14-4-3-5-17(12-14)22-11-10-20-18(21)13-15-6-8-16(19)9-7-15/h3-9,12H,2,10-11,13H2,1H3,(H,20,21). The van der Waals surface area contributed by atoms with Gasteiger partial charge in [-0.15, -0.1) is 0 Å². The Morgan fingerprint density at radius 2 is 1.91 bits per heavy atom.